The molecular weight excluding hydrogens is 319 g/mol. The SMILES string of the molecule is CCC(NC(=O)Cc1cccc(F)c1)c1ccccc1OC(F)F. The lowest BCUT2D eigenvalue weighted by Crippen LogP contribution is -2.30. The number of carbonyl (C=O) groups excluding carboxylic acids is 1. The van der Waals surface area contributed by atoms with E-state index < -0.39 is 18.5 Å². The molecule has 0 fully saturated rings. The molecule has 0 saturated carbocycles. The zero-order valence-electron chi connectivity index (χ0n) is 13.1. The number of benzene rings is 2. The molecular formula is C18H18F3NO2. The summed E-state index contributed by atoms with van der Waals surface area (Å²) in [5, 5.41) is 2.78. The number of ether oxygens (including phenoxy) is 1. The van der Waals surface area contributed by atoms with Gasteiger partial charge in [-0.15, -0.1) is 0 Å². The van der Waals surface area contributed by atoms with Crippen LogP contribution in [0.25, 0.3) is 0 Å². The highest BCUT2D eigenvalue weighted by molar-refractivity contribution is 5.79. The van der Waals surface area contributed by atoms with Gasteiger partial charge in [0.2, 0.25) is 5.91 Å². The lowest BCUT2D eigenvalue weighted by Gasteiger charge is -2.20. The summed E-state index contributed by atoms with van der Waals surface area (Å²) in [5.74, 6) is -0.701. The Morgan fingerprint density at radius 2 is 1.92 bits per heavy atom. The molecule has 0 aliphatic rings. The van der Waals surface area contributed by atoms with Crippen molar-refractivity contribution in [1.82, 2.24) is 5.32 Å². The normalized spacial score (nSPS) is 12.0. The van der Waals surface area contributed by atoms with E-state index >= 15 is 0 Å². The molecule has 0 spiro atoms. The minimum absolute atomic E-state index is 0.00608. The Hall–Kier alpha value is -2.50. The monoisotopic (exact) mass is 337 g/mol. The first-order chi connectivity index (χ1) is 11.5. The summed E-state index contributed by atoms with van der Waals surface area (Å²) in [6, 6.07) is 11.6. The Balaban J connectivity index is 2.10. The molecule has 0 radical (unpaired) electrons. The molecule has 1 N–H and O–H groups in total. The lowest BCUT2D eigenvalue weighted by molar-refractivity contribution is -0.121. The van der Waals surface area contributed by atoms with Crippen LogP contribution >= 0.6 is 0 Å². The van der Waals surface area contributed by atoms with E-state index in [0.717, 1.165) is 0 Å². The molecule has 0 bridgehead atoms. The highest BCUT2D eigenvalue weighted by Gasteiger charge is 2.18. The van der Waals surface area contributed by atoms with Gasteiger partial charge in [-0.2, -0.15) is 8.78 Å². The van der Waals surface area contributed by atoms with Crippen molar-refractivity contribution in [2.24, 2.45) is 0 Å². The maximum absolute atomic E-state index is 13.2. The first-order valence-electron chi connectivity index (χ1n) is 7.57. The van der Waals surface area contributed by atoms with Crippen molar-refractivity contribution in [3.63, 3.8) is 0 Å². The molecule has 128 valence electrons. The van der Waals surface area contributed by atoms with Gasteiger partial charge in [-0.1, -0.05) is 37.3 Å². The van der Waals surface area contributed by atoms with Crippen LogP contribution in [0.15, 0.2) is 48.5 Å². The molecule has 0 aliphatic heterocycles. The third kappa shape index (κ3) is 5.01. The van der Waals surface area contributed by atoms with Crippen LogP contribution in [0, 0.1) is 5.82 Å². The Morgan fingerprint density at radius 1 is 1.17 bits per heavy atom. The Labute approximate surface area is 138 Å². The van der Waals surface area contributed by atoms with Crippen molar-refractivity contribution in [3.8, 4) is 5.75 Å². The van der Waals surface area contributed by atoms with Crippen molar-refractivity contribution >= 4 is 5.91 Å². The van der Waals surface area contributed by atoms with Crippen LogP contribution in [0.4, 0.5) is 13.2 Å². The van der Waals surface area contributed by atoms with Crippen molar-refractivity contribution in [3.05, 3.63) is 65.5 Å². The number of hydrogen-bond donors (Lipinski definition) is 1. The molecule has 0 aromatic heterocycles. The lowest BCUT2D eigenvalue weighted by atomic mass is 10.0. The molecule has 1 amide bonds. The van der Waals surface area contributed by atoms with Crippen LogP contribution in [-0.4, -0.2) is 12.5 Å². The fourth-order valence-corrected chi connectivity index (χ4v) is 2.45. The molecule has 0 heterocycles. The van der Waals surface area contributed by atoms with E-state index in [9.17, 15) is 18.0 Å². The van der Waals surface area contributed by atoms with E-state index in [4.69, 9.17) is 0 Å². The number of nitrogens with one attached hydrogen (secondary N) is 1. The average Bonchev–Trinajstić information content (AvgIpc) is 2.53. The maximum Gasteiger partial charge on any atom is 0.387 e. The van der Waals surface area contributed by atoms with Crippen LogP contribution in [0.2, 0.25) is 0 Å². The quantitative estimate of drug-likeness (QED) is 0.821. The van der Waals surface area contributed by atoms with Gasteiger partial charge in [0.15, 0.2) is 0 Å². The van der Waals surface area contributed by atoms with E-state index in [1.165, 1.54) is 24.3 Å². The predicted molar refractivity (Wildman–Crippen MR) is 84.4 cm³/mol. The molecule has 2 rings (SSSR count). The summed E-state index contributed by atoms with van der Waals surface area (Å²) < 4.78 is 42.7. The first-order valence-corrected chi connectivity index (χ1v) is 7.57. The summed E-state index contributed by atoms with van der Waals surface area (Å²) in [6.45, 7) is -1.11. The molecule has 0 aliphatic carbocycles. The van der Waals surface area contributed by atoms with Crippen LogP contribution in [0.5, 0.6) is 5.75 Å². The van der Waals surface area contributed by atoms with Gasteiger partial charge in [-0.3, -0.25) is 4.79 Å². The number of para-hydroxylation sites is 1. The highest BCUT2D eigenvalue weighted by Crippen LogP contribution is 2.28. The van der Waals surface area contributed by atoms with Gasteiger partial charge in [0.1, 0.15) is 11.6 Å². The van der Waals surface area contributed by atoms with Gasteiger partial charge in [0, 0.05) is 5.56 Å². The summed E-state index contributed by atoms with van der Waals surface area (Å²) in [7, 11) is 0. The van der Waals surface area contributed by atoms with E-state index in [-0.39, 0.29) is 18.1 Å². The third-order valence-corrected chi connectivity index (χ3v) is 3.51. The molecule has 1 unspecified atom stereocenters. The molecule has 24 heavy (non-hydrogen) atoms. The van der Waals surface area contributed by atoms with E-state index in [0.29, 0.717) is 17.5 Å². The number of alkyl halides is 2. The average molecular weight is 337 g/mol. The third-order valence-electron chi connectivity index (χ3n) is 3.51. The predicted octanol–water partition coefficient (Wildman–Crippen LogP) is 4.24. The first kappa shape index (κ1) is 17.8. The van der Waals surface area contributed by atoms with Crippen molar-refractivity contribution in [2.75, 3.05) is 0 Å². The topological polar surface area (TPSA) is 38.3 Å². The van der Waals surface area contributed by atoms with Gasteiger partial charge >= 0.3 is 6.61 Å². The Morgan fingerprint density at radius 3 is 2.58 bits per heavy atom. The Kier molecular flexibility index (Phi) is 6.23. The van der Waals surface area contributed by atoms with Crippen LogP contribution in [0.3, 0.4) is 0 Å². The number of amides is 1. The fourth-order valence-electron chi connectivity index (χ4n) is 2.45. The standard InChI is InChI=1S/C18H18F3NO2/c1-2-15(14-8-3-4-9-16(14)24-18(20)21)22-17(23)11-12-6-5-7-13(19)10-12/h3-10,15,18H,2,11H2,1H3,(H,22,23). The summed E-state index contributed by atoms with van der Waals surface area (Å²) in [6.07, 6.45) is 0.505. The van der Waals surface area contributed by atoms with Crippen LogP contribution < -0.4 is 10.1 Å². The fraction of sp³-hybridized carbons (Fsp3) is 0.278. The van der Waals surface area contributed by atoms with Crippen molar-refractivity contribution in [1.29, 1.82) is 0 Å². The van der Waals surface area contributed by atoms with E-state index in [2.05, 4.69) is 10.1 Å². The number of rotatable bonds is 7. The number of hydrogen-bond acceptors (Lipinski definition) is 2. The smallest absolute Gasteiger partial charge is 0.387 e. The second kappa shape index (κ2) is 8.38. The summed E-state index contributed by atoms with van der Waals surface area (Å²) in [5.41, 5.74) is 1.02. The molecule has 3 nitrogen and oxygen atoms in total. The second-order valence-corrected chi connectivity index (χ2v) is 5.25. The maximum atomic E-state index is 13.2. The van der Waals surface area contributed by atoms with Gasteiger partial charge in [-0.25, -0.2) is 4.39 Å². The van der Waals surface area contributed by atoms with Gasteiger partial charge in [0.05, 0.1) is 12.5 Å². The zero-order valence-corrected chi connectivity index (χ0v) is 13.1. The van der Waals surface area contributed by atoms with E-state index in [1.54, 1.807) is 24.3 Å². The van der Waals surface area contributed by atoms with Gasteiger partial charge < -0.3 is 10.1 Å². The molecule has 2 aromatic rings. The zero-order chi connectivity index (χ0) is 17.5. The van der Waals surface area contributed by atoms with E-state index in [1.807, 2.05) is 6.92 Å². The minimum Gasteiger partial charge on any atom is -0.434 e. The minimum atomic E-state index is -2.94. The Bertz CT molecular complexity index is 691. The number of halogens is 3. The summed E-state index contributed by atoms with van der Waals surface area (Å²) in [4.78, 5) is 12.2. The van der Waals surface area contributed by atoms with Crippen molar-refractivity contribution in [2.45, 2.75) is 32.4 Å². The highest BCUT2D eigenvalue weighted by atomic mass is 19.3. The van der Waals surface area contributed by atoms with Crippen molar-refractivity contribution < 1.29 is 22.7 Å². The second-order valence-electron chi connectivity index (χ2n) is 5.25. The van der Waals surface area contributed by atoms with Crippen LogP contribution in [0.1, 0.15) is 30.5 Å². The molecule has 0 saturated heterocycles. The largest absolute Gasteiger partial charge is 0.434 e. The molecule has 6 heteroatoms. The molecule has 2 aromatic carbocycles. The van der Waals surface area contributed by atoms with Gasteiger partial charge in [-0.05, 0) is 30.2 Å². The van der Waals surface area contributed by atoms with Crippen LogP contribution in [-0.2, 0) is 11.2 Å². The summed E-state index contributed by atoms with van der Waals surface area (Å²) >= 11 is 0. The van der Waals surface area contributed by atoms with Gasteiger partial charge in [0.25, 0.3) is 0 Å². The molecule has 1 atom stereocenters. The number of carbonyl (C=O) groups is 1.